The molecule has 2 rings (SSSR count). The molecule has 1 fully saturated rings. The highest BCUT2D eigenvalue weighted by Crippen LogP contribution is 2.29. The van der Waals surface area contributed by atoms with E-state index in [4.69, 9.17) is 0 Å². The van der Waals surface area contributed by atoms with Gasteiger partial charge in [0.1, 0.15) is 0 Å². The van der Waals surface area contributed by atoms with Gasteiger partial charge in [0, 0.05) is 18.0 Å². The second-order valence-corrected chi connectivity index (χ2v) is 8.35. The molecule has 0 bridgehead atoms. The second kappa shape index (κ2) is 7.02. The lowest BCUT2D eigenvalue weighted by Crippen LogP contribution is -2.33. The number of nitrogens with one attached hydrogen (secondary N) is 2. The van der Waals surface area contributed by atoms with E-state index in [0.29, 0.717) is 29.8 Å². The Hall–Kier alpha value is -0.430. The van der Waals surface area contributed by atoms with Crippen LogP contribution in [-0.4, -0.2) is 22.0 Å². The first kappa shape index (κ1) is 15.9. The molecule has 2 unspecified atom stereocenters. The molecule has 2 atom stereocenters. The monoisotopic (exact) mass is 316 g/mol. The lowest BCUT2D eigenvalue weighted by Gasteiger charge is -2.28. The van der Waals surface area contributed by atoms with E-state index in [1.165, 1.54) is 30.6 Å². The van der Waals surface area contributed by atoms with Crippen molar-refractivity contribution in [1.29, 1.82) is 0 Å². The van der Waals surface area contributed by atoms with Crippen molar-refractivity contribution >= 4 is 21.4 Å². The van der Waals surface area contributed by atoms with Gasteiger partial charge in [-0.25, -0.2) is 13.1 Å². The molecule has 114 valence electrons. The minimum atomic E-state index is -3.37. The average molecular weight is 316 g/mol. The van der Waals surface area contributed by atoms with Gasteiger partial charge in [-0.05, 0) is 36.8 Å². The molecule has 2 N–H and O–H groups in total. The highest BCUT2D eigenvalue weighted by molar-refractivity contribution is 7.89. The van der Waals surface area contributed by atoms with Crippen LogP contribution in [0.4, 0.5) is 0 Å². The SMILES string of the molecule is CNCc1sccc1S(=O)(=O)NCC1CCCCC1C. The molecule has 20 heavy (non-hydrogen) atoms. The average Bonchev–Trinajstić information content (AvgIpc) is 2.87. The number of rotatable bonds is 6. The van der Waals surface area contributed by atoms with E-state index in [1.54, 1.807) is 6.07 Å². The lowest BCUT2D eigenvalue weighted by atomic mass is 9.81. The highest BCUT2D eigenvalue weighted by Gasteiger charge is 2.25. The molecule has 1 aliphatic carbocycles. The van der Waals surface area contributed by atoms with Gasteiger partial charge < -0.3 is 5.32 Å². The maximum atomic E-state index is 12.4. The van der Waals surface area contributed by atoms with Gasteiger partial charge in [-0.15, -0.1) is 11.3 Å². The largest absolute Gasteiger partial charge is 0.315 e. The van der Waals surface area contributed by atoms with Gasteiger partial charge in [0.05, 0.1) is 4.90 Å². The fourth-order valence-corrected chi connectivity index (χ4v) is 5.40. The molecule has 0 aromatic carbocycles. The van der Waals surface area contributed by atoms with Crippen LogP contribution < -0.4 is 10.0 Å². The Bertz CT molecular complexity index is 525. The van der Waals surface area contributed by atoms with Crippen LogP contribution in [0.2, 0.25) is 0 Å². The quantitative estimate of drug-likeness (QED) is 0.848. The summed E-state index contributed by atoms with van der Waals surface area (Å²) in [6.45, 7) is 3.39. The van der Waals surface area contributed by atoms with Crippen LogP contribution in [-0.2, 0) is 16.6 Å². The summed E-state index contributed by atoms with van der Waals surface area (Å²) in [7, 11) is -1.55. The van der Waals surface area contributed by atoms with E-state index in [9.17, 15) is 8.42 Å². The molecule has 0 amide bonds. The minimum Gasteiger partial charge on any atom is -0.315 e. The molecule has 1 aliphatic rings. The molecule has 1 aromatic heterocycles. The van der Waals surface area contributed by atoms with E-state index in [1.807, 2.05) is 12.4 Å². The molecule has 0 spiro atoms. The van der Waals surface area contributed by atoms with Crippen molar-refractivity contribution in [3.8, 4) is 0 Å². The van der Waals surface area contributed by atoms with Crippen LogP contribution >= 0.6 is 11.3 Å². The first-order valence-electron chi connectivity index (χ1n) is 7.25. The Balaban J connectivity index is 2.01. The fraction of sp³-hybridized carbons (Fsp3) is 0.714. The van der Waals surface area contributed by atoms with E-state index in [-0.39, 0.29) is 0 Å². The van der Waals surface area contributed by atoms with Crippen LogP contribution in [0.25, 0.3) is 0 Å². The molecule has 1 heterocycles. The van der Waals surface area contributed by atoms with Crippen molar-refractivity contribution in [1.82, 2.24) is 10.0 Å². The van der Waals surface area contributed by atoms with Crippen molar-refractivity contribution in [3.63, 3.8) is 0 Å². The molecular formula is C14H24N2O2S2. The smallest absolute Gasteiger partial charge is 0.241 e. The summed E-state index contributed by atoms with van der Waals surface area (Å²) >= 11 is 1.48. The van der Waals surface area contributed by atoms with Crippen LogP contribution in [0.15, 0.2) is 16.3 Å². The van der Waals surface area contributed by atoms with Crippen molar-refractivity contribution in [2.45, 2.75) is 44.0 Å². The molecule has 0 aliphatic heterocycles. The molecule has 0 radical (unpaired) electrons. The first-order valence-corrected chi connectivity index (χ1v) is 9.61. The van der Waals surface area contributed by atoms with Gasteiger partial charge in [0.2, 0.25) is 10.0 Å². The van der Waals surface area contributed by atoms with Crippen molar-refractivity contribution in [3.05, 3.63) is 16.3 Å². The van der Waals surface area contributed by atoms with Crippen LogP contribution in [0.1, 0.15) is 37.5 Å². The summed E-state index contributed by atoms with van der Waals surface area (Å²) in [5.41, 5.74) is 0. The van der Waals surface area contributed by atoms with Gasteiger partial charge in [-0.1, -0.05) is 26.2 Å². The summed E-state index contributed by atoms with van der Waals surface area (Å²) in [5.74, 6) is 1.09. The third-order valence-electron chi connectivity index (χ3n) is 4.16. The Morgan fingerprint density at radius 3 is 2.80 bits per heavy atom. The summed E-state index contributed by atoms with van der Waals surface area (Å²) in [4.78, 5) is 1.30. The maximum Gasteiger partial charge on any atom is 0.241 e. The highest BCUT2D eigenvalue weighted by atomic mass is 32.2. The third kappa shape index (κ3) is 3.81. The predicted molar refractivity (Wildman–Crippen MR) is 83.4 cm³/mol. The van der Waals surface area contributed by atoms with E-state index < -0.39 is 10.0 Å². The zero-order valence-electron chi connectivity index (χ0n) is 12.2. The number of hydrogen-bond acceptors (Lipinski definition) is 4. The van der Waals surface area contributed by atoms with Crippen molar-refractivity contribution < 1.29 is 8.42 Å². The van der Waals surface area contributed by atoms with Gasteiger partial charge in [0.15, 0.2) is 0 Å². The number of sulfonamides is 1. The molecule has 0 saturated heterocycles. The number of thiophene rings is 1. The van der Waals surface area contributed by atoms with E-state index in [0.717, 1.165) is 11.3 Å². The summed E-state index contributed by atoms with van der Waals surface area (Å²) < 4.78 is 27.6. The summed E-state index contributed by atoms with van der Waals surface area (Å²) in [5, 5.41) is 4.85. The topological polar surface area (TPSA) is 58.2 Å². The van der Waals surface area contributed by atoms with E-state index in [2.05, 4.69) is 17.0 Å². The Labute approximate surface area is 126 Å². The van der Waals surface area contributed by atoms with Gasteiger partial charge in [-0.2, -0.15) is 0 Å². The zero-order valence-corrected chi connectivity index (χ0v) is 13.8. The normalized spacial score (nSPS) is 23.9. The fourth-order valence-electron chi connectivity index (χ4n) is 2.85. The van der Waals surface area contributed by atoms with Crippen LogP contribution in [0.5, 0.6) is 0 Å². The van der Waals surface area contributed by atoms with Crippen LogP contribution in [0.3, 0.4) is 0 Å². The molecule has 4 nitrogen and oxygen atoms in total. The Morgan fingerprint density at radius 1 is 1.35 bits per heavy atom. The minimum absolute atomic E-state index is 0.431. The second-order valence-electron chi connectivity index (χ2n) is 5.61. The first-order chi connectivity index (χ1) is 9.54. The molecular weight excluding hydrogens is 292 g/mol. The predicted octanol–water partition coefficient (Wildman–Crippen LogP) is 2.57. The molecule has 1 saturated carbocycles. The van der Waals surface area contributed by atoms with Gasteiger partial charge in [0.25, 0.3) is 0 Å². The van der Waals surface area contributed by atoms with Crippen LogP contribution in [0, 0.1) is 11.8 Å². The standard InChI is InChI=1S/C14H24N2O2S2/c1-11-5-3-4-6-12(11)9-16-20(17,18)14-7-8-19-13(14)10-15-2/h7-8,11-12,15-16H,3-6,9-10H2,1-2H3. The lowest BCUT2D eigenvalue weighted by molar-refractivity contribution is 0.257. The molecule has 6 heteroatoms. The zero-order chi connectivity index (χ0) is 14.6. The summed E-state index contributed by atoms with van der Waals surface area (Å²) in [6, 6.07) is 1.70. The third-order valence-corrected chi connectivity index (χ3v) is 6.71. The Kier molecular flexibility index (Phi) is 5.60. The van der Waals surface area contributed by atoms with E-state index >= 15 is 0 Å². The molecule has 1 aromatic rings. The van der Waals surface area contributed by atoms with Crippen molar-refractivity contribution in [2.24, 2.45) is 11.8 Å². The maximum absolute atomic E-state index is 12.4. The van der Waals surface area contributed by atoms with Gasteiger partial charge in [-0.3, -0.25) is 0 Å². The Morgan fingerprint density at radius 2 is 2.10 bits per heavy atom. The van der Waals surface area contributed by atoms with Gasteiger partial charge >= 0.3 is 0 Å². The van der Waals surface area contributed by atoms with Crippen molar-refractivity contribution in [2.75, 3.05) is 13.6 Å². The number of hydrogen-bond donors (Lipinski definition) is 2. The summed E-state index contributed by atoms with van der Waals surface area (Å²) in [6.07, 6.45) is 4.86.